The first kappa shape index (κ1) is 43.2. The topological polar surface area (TPSA) is 67.3 Å². The van der Waals surface area contributed by atoms with E-state index in [1.54, 1.807) is 0 Å². The van der Waals surface area contributed by atoms with Crippen LogP contribution in [-0.2, 0) is 6.42 Å². The normalized spacial score (nSPS) is 11.8. The van der Waals surface area contributed by atoms with Crippen molar-refractivity contribution in [1.82, 2.24) is 18.3 Å². The van der Waals surface area contributed by atoms with E-state index < -0.39 is 0 Å². The van der Waals surface area contributed by atoms with Gasteiger partial charge in [0.2, 0.25) is 0 Å². The average Bonchev–Trinajstić information content (AvgIpc) is 4.24. The summed E-state index contributed by atoms with van der Waals surface area (Å²) in [7, 11) is 0. The van der Waals surface area contributed by atoms with Crippen molar-refractivity contribution >= 4 is 87.2 Å². The number of aromatic nitrogens is 4. The molecule has 76 heavy (non-hydrogen) atoms. The number of hydrogen-bond donors (Lipinski definition) is 0. The predicted octanol–water partition coefficient (Wildman–Crippen LogP) is 17.7. The second kappa shape index (κ2) is 16.8. The molecular formula is C70H44N6. The molecule has 0 bridgehead atoms. The Balaban J connectivity index is 1.19. The fraction of sp³-hybridized carbons (Fsp3) is 0.0286. The quantitative estimate of drug-likeness (QED) is 0.160. The molecule has 6 nitrogen and oxygen atoms in total. The fourth-order valence-electron chi connectivity index (χ4n) is 12.7. The summed E-state index contributed by atoms with van der Waals surface area (Å²) in [5.74, 6) is 0. The second-order valence-electron chi connectivity index (χ2n) is 19.7. The minimum Gasteiger partial charge on any atom is -0.309 e. The minimum absolute atomic E-state index is 0.601. The van der Waals surface area contributed by atoms with Gasteiger partial charge in [0.25, 0.3) is 0 Å². The zero-order chi connectivity index (χ0) is 50.6. The smallest absolute Gasteiger partial charge is 0.0991 e. The molecule has 0 fully saturated rings. The van der Waals surface area contributed by atoms with E-state index in [0.717, 1.165) is 116 Å². The average molecular weight is 969 g/mol. The van der Waals surface area contributed by atoms with E-state index in [1.807, 2.05) is 24.3 Å². The van der Waals surface area contributed by atoms with Crippen LogP contribution in [0.25, 0.3) is 132 Å². The third-order valence-electron chi connectivity index (χ3n) is 15.8. The number of nitriles is 2. The number of para-hydroxylation sites is 6. The van der Waals surface area contributed by atoms with Gasteiger partial charge in [-0.05, 0) is 114 Å². The van der Waals surface area contributed by atoms with Crippen LogP contribution in [0.1, 0.15) is 23.6 Å². The summed E-state index contributed by atoms with van der Waals surface area (Å²) in [5.41, 5.74) is 19.7. The SMILES string of the molecule is CCc1c(-c2ccc(C#N)cc2)c(-n2c3ccccc3c3ccc4c(c5ccccc5n4-c4ccccc4)c32)cc(-n2c3ccccc3c3ccc4c(c5ccccc5n4-c4ccccc4)c32)c1-c1ccc(C#N)cc1. The van der Waals surface area contributed by atoms with Gasteiger partial charge in [0, 0.05) is 65.6 Å². The molecule has 6 heteroatoms. The van der Waals surface area contributed by atoms with Crippen LogP contribution >= 0.6 is 0 Å². The summed E-state index contributed by atoms with van der Waals surface area (Å²) in [6, 6.07) is 89.3. The van der Waals surface area contributed by atoms with E-state index in [2.05, 4.69) is 250 Å². The molecule has 0 radical (unpaired) electrons. The lowest BCUT2D eigenvalue weighted by Gasteiger charge is -2.26. The number of nitrogens with zero attached hydrogens (tertiary/aromatic N) is 6. The van der Waals surface area contributed by atoms with Gasteiger partial charge in [0.15, 0.2) is 0 Å². The van der Waals surface area contributed by atoms with Crippen molar-refractivity contribution in [2.45, 2.75) is 13.3 Å². The maximum atomic E-state index is 10.2. The van der Waals surface area contributed by atoms with Crippen molar-refractivity contribution in [3.05, 3.63) is 253 Å². The highest BCUT2D eigenvalue weighted by Crippen LogP contribution is 2.50. The highest BCUT2D eigenvalue weighted by atomic mass is 15.0. The molecule has 0 aliphatic heterocycles. The van der Waals surface area contributed by atoms with Crippen LogP contribution in [0.15, 0.2) is 237 Å². The molecule has 0 N–H and O–H groups in total. The van der Waals surface area contributed by atoms with Gasteiger partial charge in [-0.15, -0.1) is 0 Å². The zero-order valence-corrected chi connectivity index (χ0v) is 41.4. The lowest BCUT2D eigenvalue weighted by Crippen LogP contribution is -2.08. The van der Waals surface area contributed by atoms with Crippen molar-refractivity contribution in [3.8, 4) is 57.1 Å². The Kier molecular flexibility index (Phi) is 9.57. The molecular weight excluding hydrogens is 925 g/mol. The van der Waals surface area contributed by atoms with Crippen molar-refractivity contribution in [2.75, 3.05) is 0 Å². The molecule has 11 aromatic carbocycles. The van der Waals surface area contributed by atoms with Gasteiger partial charge in [-0.3, -0.25) is 0 Å². The van der Waals surface area contributed by atoms with Crippen molar-refractivity contribution in [2.24, 2.45) is 0 Å². The highest BCUT2D eigenvalue weighted by molar-refractivity contribution is 6.28. The molecule has 0 aliphatic rings. The lowest BCUT2D eigenvalue weighted by molar-refractivity contribution is 1.08. The van der Waals surface area contributed by atoms with E-state index in [9.17, 15) is 10.5 Å². The van der Waals surface area contributed by atoms with Gasteiger partial charge < -0.3 is 18.3 Å². The number of hydrogen-bond acceptors (Lipinski definition) is 2. The van der Waals surface area contributed by atoms with Gasteiger partial charge in [-0.1, -0.05) is 153 Å². The maximum absolute atomic E-state index is 10.2. The molecule has 0 atom stereocenters. The maximum Gasteiger partial charge on any atom is 0.0991 e. The summed E-state index contributed by atoms with van der Waals surface area (Å²) >= 11 is 0. The van der Waals surface area contributed by atoms with E-state index in [-0.39, 0.29) is 0 Å². The van der Waals surface area contributed by atoms with Crippen LogP contribution in [0.4, 0.5) is 0 Å². The Morgan fingerprint density at radius 3 is 1.07 bits per heavy atom. The molecule has 0 aliphatic carbocycles. The Morgan fingerprint density at radius 1 is 0.329 bits per heavy atom. The molecule has 4 heterocycles. The van der Waals surface area contributed by atoms with E-state index >= 15 is 0 Å². The monoisotopic (exact) mass is 968 g/mol. The van der Waals surface area contributed by atoms with Crippen molar-refractivity contribution in [1.29, 1.82) is 10.5 Å². The zero-order valence-electron chi connectivity index (χ0n) is 41.4. The predicted molar refractivity (Wildman–Crippen MR) is 313 cm³/mol. The summed E-state index contributed by atoms with van der Waals surface area (Å²) in [6.07, 6.45) is 0.672. The van der Waals surface area contributed by atoms with Crippen molar-refractivity contribution in [3.63, 3.8) is 0 Å². The van der Waals surface area contributed by atoms with Crippen LogP contribution in [0.2, 0.25) is 0 Å². The second-order valence-corrected chi connectivity index (χ2v) is 19.7. The summed E-state index contributed by atoms with van der Waals surface area (Å²) in [4.78, 5) is 0. The van der Waals surface area contributed by atoms with E-state index in [0.29, 0.717) is 17.5 Å². The van der Waals surface area contributed by atoms with Gasteiger partial charge in [-0.2, -0.15) is 10.5 Å². The molecule has 0 saturated carbocycles. The molecule has 0 unspecified atom stereocenters. The van der Waals surface area contributed by atoms with Crippen LogP contribution < -0.4 is 0 Å². The minimum atomic E-state index is 0.601. The molecule has 354 valence electrons. The molecule has 0 saturated heterocycles. The molecule has 0 amide bonds. The van der Waals surface area contributed by atoms with Crippen LogP contribution in [-0.4, -0.2) is 18.3 Å². The molecule has 0 spiro atoms. The molecule has 15 rings (SSSR count). The first-order chi connectivity index (χ1) is 37.6. The van der Waals surface area contributed by atoms with Gasteiger partial charge in [0.05, 0.1) is 78.8 Å². The first-order valence-corrected chi connectivity index (χ1v) is 25.9. The van der Waals surface area contributed by atoms with Gasteiger partial charge in [0.1, 0.15) is 0 Å². The summed E-state index contributed by atoms with van der Waals surface area (Å²) < 4.78 is 9.89. The Morgan fingerprint density at radius 2 is 0.684 bits per heavy atom. The first-order valence-electron chi connectivity index (χ1n) is 25.9. The van der Waals surface area contributed by atoms with Crippen molar-refractivity contribution < 1.29 is 0 Å². The molecule has 4 aromatic heterocycles. The van der Waals surface area contributed by atoms with Crippen LogP contribution in [0.5, 0.6) is 0 Å². The van der Waals surface area contributed by atoms with Crippen LogP contribution in [0.3, 0.4) is 0 Å². The Bertz CT molecular complexity index is 4650. The Hall–Kier alpha value is -10.4. The largest absolute Gasteiger partial charge is 0.309 e. The number of fused-ring (bicyclic) bond motifs is 14. The molecule has 15 aromatic rings. The summed E-state index contributed by atoms with van der Waals surface area (Å²) in [6.45, 7) is 2.26. The van der Waals surface area contributed by atoms with E-state index in [4.69, 9.17) is 0 Å². The lowest BCUT2D eigenvalue weighted by atomic mass is 9.86. The van der Waals surface area contributed by atoms with Crippen LogP contribution in [0, 0.1) is 22.7 Å². The summed E-state index contributed by atoms with van der Waals surface area (Å²) in [5, 5.41) is 29.7. The van der Waals surface area contributed by atoms with Gasteiger partial charge in [-0.25, -0.2) is 0 Å². The third kappa shape index (κ3) is 6.13. The number of rotatable bonds is 7. The fourth-order valence-corrected chi connectivity index (χ4v) is 12.7. The third-order valence-corrected chi connectivity index (χ3v) is 15.8. The van der Waals surface area contributed by atoms with Gasteiger partial charge >= 0.3 is 0 Å². The number of benzene rings is 11. The highest BCUT2D eigenvalue weighted by Gasteiger charge is 2.29. The Labute approximate surface area is 437 Å². The van der Waals surface area contributed by atoms with E-state index in [1.165, 1.54) is 21.5 Å². The standard InChI is InChI=1S/C70H44N6/c1-2-50-65(46-33-29-44(42-71)30-34-46)63(75-57-25-13-9-21-51(57)53-37-39-61-67(69(53)75)55-23-11-15-27-59(55)73(61)48-17-5-3-6-18-48)41-64(66(50)47-35-31-45(43-72)32-36-47)76-58-26-14-10-22-52(58)54-38-40-62-68(70(54)76)56-24-12-16-28-60(56)74(62)49-19-7-4-8-20-49/h3-41H,2H2,1H3.